The number of nitrogens with one attached hydrogen (secondary N) is 1. The molecular weight excluding hydrogens is 334 g/mol. The first kappa shape index (κ1) is 18.5. The molecule has 1 atom stereocenters. The monoisotopic (exact) mass is 361 g/mol. The summed E-state index contributed by atoms with van der Waals surface area (Å²) in [6.07, 6.45) is 2.48. The van der Waals surface area contributed by atoms with E-state index < -0.39 is 0 Å². The Balaban J connectivity index is 1.54. The molecule has 26 heavy (non-hydrogen) atoms. The second-order valence-electron chi connectivity index (χ2n) is 6.84. The smallest absolute Gasteiger partial charge is 0.409 e. The van der Waals surface area contributed by atoms with E-state index in [4.69, 9.17) is 9.47 Å². The van der Waals surface area contributed by atoms with Crippen LogP contribution in [0.4, 0.5) is 4.79 Å². The number of hydrogen-bond acceptors (Lipinski definition) is 5. The molecule has 2 aliphatic rings. The van der Waals surface area contributed by atoms with Gasteiger partial charge < -0.3 is 19.7 Å². The van der Waals surface area contributed by atoms with E-state index in [1.807, 2.05) is 24.3 Å². The van der Waals surface area contributed by atoms with Crippen molar-refractivity contribution in [1.29, 1.82) is 0 Å². The van der Waals surface area contributed by atoms with Gasteiger partial charge in [-0.25, -0.2) is 4.79 Å². The summed E-state index contributed by atoms with van der Waals surface area (Å²) in [6.45, 7) is 3.49. The molecule has 0 saturated carbocycles. The van der Waals surface area contributed by atoms with E-state index in [-0.39, 0.29) is 18.0 Å². The van der Waals surface area contributed by atoms with Crippen LogP contribution in [0.5, 0.6) is 5.75 Å². The summed E-state index contributed by atoms with van der Waals surface area (Å²) in [5.74, 6) is 0.883. The molecule has 3 rings (SSSR count). The minimum absolute atomic E-state index is 0.0129. The fraction of sp³-hybridized carbons (Fsp3) is 0.579. The predicted octanol–water partition coefficient (Wildman–Crippen LogP) is 1.62. The summed E-state index contributed by atoms with van der Waals surface area (Å²) >= 11 is 0. The minimum atomic E-state index is -0.326. The van der Waals surface area contributed by atoms with E-state index in [0.717, 1.165) is 30.6 Å². The lowest BCUT2D eigenvalue weighted by molar-refractivity contribution is -0.123. The first-order valence-corrected chi connectivity index (χ1v) is 9.21. The van der Waals surface area contributed by atoms with Crippen molar-refractivity contribution in [3.63, 3.8) is 0 Å². The summed E-state index contributed by atoms with van der Waals surface area (Å²) in [4.78, 5) is 28.1. The number of methoxy groups -OCH3 is 1. The van der Waals surface area contributed by atoms with Crippen LogP contribution in [-0.2, 0) is 16.1 Å². The van der Waals surface area contributed by atoms with Gasteiger partial charge in [0.05, 0.1) is 13.7 Å². The van der Waals surface area contributed by atoms with Crippen LogP contribution in [0.25, 0.3) is 0 Å². The normalized spacial score (nSPS) is 21.0. The molecule has 142 valence electrons. The number of hydrogen-bond donors (Lipinski definition) is 1. The third kappa shape index (κ3) is 4.88. The van der Waals surface area contributed by atoms with Crippen molar-refractivity contribution in [2.24, 2.45) is 0 Å². The zero-order valence-corrected chi connectivity index (χ0v) is 15.3. The highest BCUT2D eigenvalue weighted by Gasteiger charge is 2.24. The van der Waals surface area contributed by atoms with Gasteiger partial charge in [-0.15, -0.1) is 0 Å². The highest BCUT2D eigenvalue weighted by Crippen LogP contribution is 2.22. The van der Waals surface area contributed by atoms with Crippen LogP contribution in [0.3, 0.4) is 0 Å². The molecule has 1 saturated heterocycles. The van der Waals surface area contributed by atoms with Crippen LogP contribution < -0.4 is 10.1 Å². The van der Waals surface area contributed by atoms with Crippen molar-refractivity contribution in [1.82, 2.24) is 15.1 Å². The molecule has 2 heterocycles. The number of carbonyl (C=O) groups excluding carboxylic acids is 2. The highest BCUT2D eigenvalue weighted by molar-refractivity contribution is 5.78. The second-order valence-corrected chi connectivity index (χ2v) is 6.84. The lowest BCUT2D eigenvalue weighted by Crippen LogP contribution is -2.47. The van der Waals surface area contributed by atoms with Crippen molar-refractivity contribution in [3.8, 4) is 5.75 Å². The summed E-state index contributed by atoms with van der Waals surface area (Å²) in [6, 6.07) is 7.91. The van der Waals surface area contributed by atoms with Gasteiger partial charge >= 0.3 is 6.09 Å². The van der Waals surface area contributed by atoms with Crippen LogP contribution in [0.1, 0.15) is 24.8 Å². The van der Waals surface area contributed by atoms with E-state index in [1.54, 1.807) is 4.90 Å². The number of carbonyl (C=O) groups is 2. The van der Waals surface area contributed by atoms with Crippen molar-refractivity contribution in [3.05, 3.63) is 29.8 Å². The van der Waals surface area contributed by atoms with Gasteiger partial charge in [0.2, 0.25) is 5.91 Å². The number of fused-ring (bicyclic) bond motifs is 1. The van der Waals surface area contributed by atoms with Crippen molar-refractivity contribution in [2.75, 3.05) is 39.9 Å². The first-order chi connectivity index (χ1) is 12.7. The first-order valence-electron chi connectivity index (χ1n) is 9.21. The SMILES string of the molecule is COC(=O)N1CCCC[C@@H](NC(=O)CN2CCOc3ccccc3C2)C1. The fourth-order valence-electron chi connectivity index (χ4n) is 3.55. The predicted molar refractivity (Wildman–Crippen MR) is 97.0 cm³/mol. The molecule has 0 unspecified atom stereocenters. The largest absolute Gasteiger partial charge is 0.492 e. The Bertz CT molecular complexity index is 637. The quantitative estimate of drug-likeness (QED) is 0.886. The molecule has 1 fully saturated rings. The summed E-state index contributed by atoms with van der Waals surface area (Å²) in [5, 5.41) is 3.09. The Morgan fingerprint density at radius 1 is 1.27 bits per heavy atom. The number of amides is 2. The number of para-hydroxylation sites is 1. The number of benzene rings is 1. The van der Waals surface area contributed by atoms with Crippen molar-refractivity contribution in [2.45, 2.75) is 31.8 Å². The Kier molecular flexibility index (Phi) is 6.33. The maximum Gasteiger partial charge on any atom is 0.409 e. The molecule has 1 N–H and O–H groups in total. The maximum atomic E-state index is 12.5. The van der Waals surface area contributed by atoms with E-state index in [2.05, 4.69) is 10.2 Å². The molecular formula is C19H27N3O4. The number of nitrogens with zero attached hydrogens (tertiary/aromatic N) is 2. The molecule has 7 nitrogen and oxygen atoms in total. The minimum Gasteiger partial charge on any atom is -0.492 e. The average molecular weight is 361 g/mol. The maximum absolute atomic E-state index is 12.5. The molecule has 1 aromatic rings. The van der Waals surface area contributed by atoms with Crippen LogP contribution in [0.15, 0.2) is 24.3 Å². The Labute approximate surface area is 154 Å². The van der Waals surface area contributed by atoms with Crippen LogP contribution >= 0.6 is 0 Å². The third-order valence-corrected chi connectivity index (χ3v) is 4.87. The standard InChI is InChI=1S/C19H27N3O4/c1-25-19(24)22-9-5-4-7-16(13-22)20-18(23)14-21-10-11-26-17-8-3-2-6-15(17)12-21/h2-3,6,8,16H,4-5,7,9-14H2,1H3,(H,20,23)/t16-/m1/s1. The molecule has 0 aromatic heterocycles. The van der Waals surface area contributed by atoms with Gasteiger partial charge in [-0.1, -0.05) is 18.2 Å². The van der Waals surface area contributed by atoms with Crippen molar-refractivity contribution < 1.29 is 19.1 Å². The van der Waals surface area contributed by atoms with Gasteiger partial charge in [-0.2, -0.15) is 0 Å². The van der Waals surface area contributed by atoms with Gasteiger partial charge in [-0.3, -0.25) is 9.69 Å². The van der Waals surface area contributed by atoms with Gasteiger partial charge in [0.15, 0.2) is 0 Å². The highest BCUT2D eigenvalue weighted by atomic mass is 16.5. The van der Waals surface area contributed by atoms with E-state index >= 15 is 0 Å². The van der Waals surface area contributed by atoms with Crippen LogP contribution in [0.2, 0.25) is 0 Å². The van der Waals surface area contributed by atoms with Gasteiger partial charge in [0, 0.05) is 37.8 Å². The zero-order valence-electron chi connectivity index (χ0n) is 15.3. The van der Waals surface area contributed by atoms with Crippen LogP contribution in [0, 0.1) is 0 Å². The van der Waals surface area contributed by atoms with Crippen LogP contribution in [-0.4, -0.2) is 67.7 Å². The Morgan fingerprint density at radius 3 is 2.96 bits per heavy atom. The summed E-state index contributed by atoms with van der Waals surface area (Å²) in [5.41, 5.74) is 1.10. The zero-order chi connectivity index (χ0) is 18.4. The number of ether oxygens (including phenoxy) is 2. The van der Waals surface area contributed by atoms with E-state index in [9.17, 15) is 9.59 Å². The Morgan fingerprint density at radius 2 is 2.12 bits per heavy atom. The Hall–Kier alpha value is -2.28. The fourth-order valence-corrected chi connectivity index (χ4v) is 3.55. The number of likely N-dealkylation sites (tertiary alicyclic amines) is 1. The topological polar surface area (TPSA) is 71.1 Å². The van der Waals surface area contributed by atoms with Crippen molar-refractivity contribution >= 4 is 12.0 Å². The average Bonchev–Trinajstić information content (AvgIpc) is 2.99. The number of rotatable bonds is 3. The molecule has 2 amide bonds. The lowest BCUT2D eigenvalue weighted by atomic mass is 10.1. The third-order valence-electron chi connectivity index (χ3n) is 4.87. The molecule has 0 bridgehead atoms. The molecule has 0 aliphatic carbocycles. The second kappa shape index (κ2) is 8.89. The summed E-state index contributed by atoms with van der Waals surface area (Å²) < 4.78 is 10.6. The van der Waals surface area contributed by atoms with Gasteiger partial charge in [0.25, 0.3) is 0 Å². The van der Waals surface area contributed by atoms with Gasteiger partial charge in [-0.05, 0) is 25.3 Å². The van der Waals surface area contributed by atoms with E-state index in [0.29, 0.717) is 39.3 Å². The summed E-state index contributed by atoms with van der Waals surface area (Å²) in [7, 11) is 1.39. The molecule has 0 radical (unpaired) electrons. The van der Waals surface area contributed by atoms with E-state index in [1.165, 1.54) is 7.11 Å². The molecule has 1 aromatic carbocycles. The molecule has 2 aliphatic heterocycles. The molecule has 7 heteroatoms. The van der Waals surface area contributed by atoms with Gasteiger partial charge in [0.1, 0.15) is 12.4 Å². The lowest BCUT2D eigenvalue weighted by Gasteiger charge is -2.25. The molecule has 0 spiro atoms.